The van der Waals surface area contributed by atoms with Gasteiger partial charge in [0, 0.05) is 31.9 Å². The van der Waals surface area contributed by atoms with Crippen LogP contribution in [0.1, 0.15) is 31.2 Å². The first-order valence-electron chi connectivity index (χ1n) is 10.6. The van der Waals surface area contributed by atoms with Crippen molar-refractivity contribution >= 4 is 11.5 Å². The summed E-state index contributed by atoms with van der Waals surface area (Å²) < 4.78 is 38.8. The number of anilines is 1. The maximum Gasteiger partial charge on any atom is 0.416 e. The molecule has 30 heavy (non-hydrogen) atoms. The molecule has 0 unspecified atom stereocenters. The van der Waals surface area contributed by atoms with Crippen LogP contribution in [0.2, 0.25) is 0 Å². The monoisotopic (exact) mass is 422 g/mol. The SMILES string of the molecule is N#CCC(=O)CN1CCC(CCN2CCN(c3cccc(C(F)(F)F)c3)CC2)CC1. The second-order valence-electron chi connectivity index (χ2n) is 8.26. The van der Waals surface area contributed by atoms with Gasteiger partial charge in [0.15, 0.2) is 5.78 Å². The van der Waals surface area contributed by atoms with E-state index in [0.717, 1.165) is 71.1 Å². The normalized spacial score (nSPS) is 19.6. The molecule has 1 aromatic carbocycles. The number of nitrogens with zero attached hydrogens (tertiary/aromatic N) is 4. The highest BCUT2D eigenvalue weighted by atomic mass is 19.4. The molecule has 0 radical (unpaired) electrons. The Balaban J connectivity index is 1.37. The number of hydrogen-bond acceptors (Lipinski definition) is 5. The van der Waals surface area contributed by atoms with Gasteiger partial charge >= 0.3 is 6.18 Å². The van der Waals surface area contributed by atoms with E-state index in [0.29, 0.717) is 18.2 Å². The van der Waals surface area contributed by atoms with Crippen molar-refractivity contribution in [1.29, 1.82) is 5.26 Å². The third-order valence-electron chi connectivity index (χ3n) is 6.15. The van der Waals surface area contributed by atoms with Crippen LogP contribution in [0.5, 0.6) is 0 Å². The van der Waals surface area contributed by atoms with E-state index in [1.54, 1.807) is 6.07 Å². The molecule has 0 bridgehead atoms. The van der Waals surface area contributed by atoms with E-state index in [2.05, 4.69) is 9.80 Å². The van der Waals surface area contributed by atoms with Crippen LogP contribution in [0.15, 0.2) is 24.3 Å². The quantitative estimate of drug-likeness (QED) is 0.674. The summed E-state index contributed by atoms with van der Waals surface area (Å²) in [6, 6.07) is 7.49. The molecule has 2 aliphatic rings. The fourth-order valence-electron chi connectivity index (χ4n) is 4.30. The summed E-state index contributed by atoms with van der Waals surface area (Å²) >= 11 is 0. The molecule has 0 aliphatic carbocycles. The highest BCUT2D eigenvalue weighted by Gasteiger charge is 2.31. The number of alkyl halides is 3. The van der Waals surface area contributed by atoms with Gasteiger partial charge in [-0.25, -0.2) is 0 Å². The van der Waals surface area contributed by atoms with Crippen LogP contribution >= 0.6 is 0 Å². The maximum absolute atomic E-state index is 12.9. The van der Waals surface area contributed by atoms with Gasteiger partial charge in [-0.15, -0.1) is 0 Å². The lowest BCUT2D eigenvalue weighted by molar-refractivity contribution is -0.137. The summed E-state index contributed by atoms with van der Waals surface area (Å²) in [7, 11) is 0. The molecule has 0 spiro atoms. The van der Waals surface area contributed by atoms with Gasteiger partial charge in [-0.1, -0.05) is 6.07 Å². The number of carbonyl (C=O) groups is 1. The smallest absolute Gasteiger partial charge is 0.369 e. The Morgan fingerprint density at radius 1 is 1.07 bits per heavy atom. The lowest BCUT2D eigenvalue weighted by Crippen LogP contribution is -2.47. The minimum absolute atomic E-state index is 0.00501. The number of piperazine rings is 1. The number of carbonyl (C=O) groups excluding carboxylic acids is 1. The Morgan fingerprint density at radius 2 is 1.77 bits per heavy atom. The van der Waals surface area contributed by atoms with Crippen LogP contribution in [0, 0.1) is 17.2 Å². The lowest BCUT2D eigenvalue weighted by Gasteiger charge is -2.37. The predicted octanol–water partition coefficient (Wildman–Crippen LogP) is 3.41. The number of likely N-dealkylation sites (tertiary alicyclic amines) is 1. The van der Waals surface area contributed by atoms with Crippen molar-refractivity contribution in [3.8, 4) is 6.07 Å². The molecule has 1 aromatic rings. The number of ketones is 1. The number of piperidine rings is 1. The summed E-state index contributed by atoms with van der Waals surface area (Å²) in [6.45, 7) is 6.40. The van der Waals surface area contributed by atoms with Gasteiger partial charge in [0.1, 0.15) is 0 Å². The first-order chi connectivity index (χ1) is 14.3. The molecular formula is C22H29F3N4O. The number of nitriles is 1. The average molecular weight is 422 g/mol. The number of rotatable bonds is 7. The molecule has 0 amide bonds. The number of Topliss-reactive ketones (excluding diaryl/α,β-unsaturated/α-hetero) is 1. The molecular weight excluding hydrogens is 393 g/mol. The summed E-state index contributed by atoms with van der Waals surface area (Å²) in [4.78, 5) is 18.2. The van der Waals surface area contributed by atoms with E-state index in [1.165, 1.54) is 12.1 Å². The Bertz CT molecular complexity index is 745. The highest BCUT2D eigenvalue weighted by Crippen LogP contribution is 2.32. The number of benzene rings is 1. The Kier molecular flexibility index (Phi) is 7.73. The molecule has 8 heteroatoms. The fraction of sp³-hybridized carbons (Fsp3) is 0.636. The van der Waals surface area contributed by atoms with Crippen LogP contribution < -0.4 is 4.90 Å². The summed E-state index contributed by atoms with van der Waals surface area (Å²) in [5.74, 6) is 0.642. The van der Waals surface area contributed by atoms with Crippen molar-refractivity contribution in [1.82, 2.24) is 9.80 Å². The van der Waals surface area contributed by atoms with Crippen molar-refractivity contribution in [2.24, 2.45) is 5.92 Å². The second kappa shape index (κ2) is 10.3. The Morgan fingerprint density at radius 3 is 2.40 bits per heavy atom. The van der Waals surface area contributed by atoms with Gasteiger partial charge in [-0.2, -0.15) is 18.4 Å². The number of hydrogen-bond donors (Lipinski definition) is 0. The molecule has 0 aromatic heterocycles. The van der Waals surface area contributed by atoms with Gasteiger partial charge in [0.25, 0.3) is 0 Å². The largest absolute Gasteiger partial charge is 0.416 e. The van der Waals surface area contributed by atoms with Gasteiger partial charge in [-0.3, -0.25) is 14.6 Å². The summed E-state index contributed by atoms with van der Waals surface area (Å²) in [5.41, 5.74) is 0.0471. The molecule has 2 aliphatic heterocycles. The molecule has 5 nitrogen and oxygen atoms in total. The minimum atomic E-state index is -4.31. The van der Waals surface area contributed by atoms with Crippen molar-refractivity contribution in [2.45, 2.75) is 31.9 Å². The van der Waals surface area contributed by atoms with Crippen molar-refractivity contribution in [2.75, 3.05) is 57.3 Å². The first-order valence-corrected chi connectivity index (χ1v) is 10.6. The van der Waals surface area contributed by atoms with Crippen LogP contribution in [-0.2, 0) is 11.0 Å². The fourth-order valence-corrected chi connectivity index (χ4v) is 4.30. The molecule has 0 N–H and O–H groups in total. The minimum Gasteiger partial charge on any atom is -0.369 e. The zero-order valence-electron chi connectivity index (χ0n) is 17.2. The zero-order chi connectivity index (χ0) is 21.6. The molecule has 2 heterocycles. The average Bonchev–Trinajstić information content (AvgIpc) is 2.73. The third kappa shape index (κ3) is 6.44. The first kappa shape index (κ1) is 22.6. The van der Waals surface area contributed by atoms with Crippen LogP contribution in [0.4, 0.5) is 18.9 Å². The maximum atomic E-state index is 12.9. The van der Waals surface area contributed by atoms with Gasteiger partial charge in [0.05, 0.1) is 24.6 Å². The predicted molar refractivity (Wildman–Crippen MR) is 109 cm³/mol. The summed E-state index contributed by atoms with van der Waals surface area (Å²) in [6.07, 6.45) is -1.06. The molecule has 3 rings (SSSR count). The molecule has 0 atom stereocenters. The van der Waals surface area contributed by atoms with E-state index in [-0.39, 0.29) is 12.2 Å². The highest BCUT2D eigenvalue weighted by molar-refractivity contribution is 5.82. The van der Waals surface area contributed by atoms with Gasteiger partial charge in [0.2, 0.25) is 0 Å². The van der Waals surface area contributed by atoms with E-state index < -0.39 is 11.7 Å². The summed E-state index contributed by atoms with van der Waals surface area (Å²) in [5, 5.41) is 8.59. The topological polar surface area (TPSA) is 50.6 Å². The van der Waals surface area contributed by atoms with E-state index in [4.69, 9.17) is 5.26 Å². The number of halogens is 3. The molecule has 0 saturated carbocycles. The van der Waals surface area contributed by atoms with Gasteiger partial charge < -0.3 is 4.90 Å². The molecule has 2 fully saturated rings. The van der Waals surface area contributed by atoms with Gasteiger partial charge in [-0.05, 0) is 63.0 Å². The lowest BCUT2D eigenvalue weighted by atomic mass is 9.93. The second-order valence-corrected chi connectivity index (χ2v) is 8.26. The standard InChI is InChI=1S/C22H29F3N4O/c23-22(24,25)19-2-1-3-20(16-19)29-14-12-27(13-15-29)9-5-18-6-10-28(11-7-18)17-21(30)4-8-26/h1-3,16,18H,4-7,9-15,17H2. The molecule has 164 valence electrons. The molecule has 2 saturated heterocycles. The van der Waals surface area contributed by atoms with Crippen LogP contribution in [-0.4, -0.2) is 67.9 Å². The van der Waals surface area contributed by atoms with Crippen LogP contribution in [0.3, 0.4) is 0 Å². The zero-order valence-corrected chi connectivity index (χ0v) is 17.2. The van der Waals surface area contributed by atoms with E-state index in [9.17, 15) is 18.0 Å². The van der Waals surface area contributed by atoms with E-state index >= 15 is 0 Å². The van der Waals surface area contributed by atoms with Crippen molar-refractivity contribution in [3.05, 3.63) is 29.8 Å². The van der Waals surface area contributed by atoms with Crippen molar-refractivity contribution < 1.29 is 18.0 Å². The van der Waals surface area contributed by atoms with Crippen molar-refractivity contribution in [3.63, 3.8) is 0 Å². The Hall–Kier alpha value is -2.11. The third-order valence-corrected chi connectivity index (χ3v) is 6.15. The van der Waals surface area contributed by atoms with E-state index in [1.807, 2.05) is 11.0 Å². The Labute approximate surface area is 176 Å². The van der Waals surface area contributed by atoms with Crippen LogP contribution in [0.25, 0.3) is 0 Å².